The Kier molecular flexibility index (Phi) is 6.62. The van der Waals surface area contributed by atoms with E-state index < -0.39 is 0 Å². The van der Waals surface area contributed by atoms with Gasteiger partial charge < -0.3 is 0 Å². The molecule has 0 nitrogen and oxygen atoms in total. The summed E-state index contributed by atoms with van der Waals surface area (Å²) >= 11 is 0. The van der Waals surface area contributed by atoms with Crippen molar-refractivity contribution in [1.29, 1.82) is 0 Å². The van der Waals surface area contributed by atoms with Crippen LogP contribution in [-0.2, 0) is 0 Å². The van der Waals surface area contributed by atoms with E-state index in [1.807, 2.05) is 0 Å². The molecule has 0 saturated carbocycles. The van der Waals surface area contributed by atoms with Gasteiger partial charge in [-0.05, 0) is 43.6 Å². The molecule has 0 spiro atoms. The minimum atomic E-state index is 0.792. The van der Waals surface area contributed by atoms with Crippen LogP contribution in [0.1, 0.15) is 72.6 Å². The molecule has 0 heterocycles. The first kappa shape index (κ1) is 14.5. The Labute approximate surface area is 108 Å². The number of hydrogen-bond acceptors (Lipinski definition) is 0. The van der Waals surface area contributed by atoms with E-state index >= 15 is 0 Å². The van der Waals surface area contributed by atoms with Crippen molar-refractivity contribution in [3.63, 3.8) is 0 Å². The summed E-state index contributed by atoms with van der Waals surface area (Å²) in [5.41, 5.74) is 3.20. The molecule has 0 heteroatoms. The Bertz CT molecular complexity index is 270. The van der Waals surface area contributed by atoms with Crippen LogP contribution in [0.4, 0.5) is 0 Å². The van der Waals surface area contributed by atoms with Crippen LogP contribution in [0.15, 0.2) is 23.3 Å². The zero-order valence-corrected chi connectivity index (χ0v) is 12.3. The molecular formula is C17H30. The van der Waals surface area contributed by atoms with Crippen molar-refractivity contribution in [2.75, 3.05) is 0 Å². The van der Waals surface area contributed by atoms with Crippen molar-refractivity contribution in [2.45, 2.75) is 72.6 Å². The zero-order valence-electron chi connectivity index (χ0n) is 12.3. The molecule has 0 aromatic heterocycles. The van der Waals surface area contributed by atoms with Crippen LogP contribution in [0.25, 0.3) is 0 Å². The number of rotatable bonds is 6. The topological polar surface area (TPSA) is 0 Å². The fourth-order valence-corrected chi connectivity index (χ4v) is 2.84. The number of allylic oxidation sites excluding steroid dienone is 4. The van der Waals surface area contributed by atoms with E-state index in [-0.39, 0.29) is 0 Å². The normalized spacial score (nSPS) is 27.3. The van der Waals surface area contributed by atoms with Crippen LogP contribution in [0.5, 0.6) is 0 Å². The standard InChI is InChI=1S/C17H30/c1-5-7-8-9-11-17-13-15(4)14(3)12-16(17)10-6-2/h10,12,15,17H,5-9,11,13H2,1-4H3/b16-10-. The van der Waals surface area contributed by atoms with Crippen molar-refractivity contribution >= 4 is 0 Å². The predicted molar refractivity (Wildman–Crippen MR) is 78.2 cm³/mol. The molecule has 0 aromatic carbocycles. The summed E-state index contributed by atoms with van der Waals surface area (Å²) in [5, 5.41) is 0. The maximum atomic E-state index is 2.46. The first-order chi connectivity index (χ1) is 8.19. The molecular weight excluding hydrogens is 204 g/mol. The van der Waals surface area contributed by atoms with E-state index in [9.17, 15) is 0 Å². The molecule has 2 unspecified atom stereocenters. The van der Waals surface area contributed by atoms with Crippen molar-refractivity contribution in [3.05, 3.63) is 23.3 Å². The first-order valence-electron chi connectivity index (χ1n) is 7.57. The zero-order chi connectivity index (χ0) is 12.7. The third-order valence-corrected chi connectivity index (χ3v) is 4.13. The SMILES string of the molecule is CC/C=C1/C=C(C)C(C)CC1CCCCCC. The van der Waals surface area contributed by atoms with Gasteiger partial charge in [-0.1, -0.05) is 64.2 Å². The summed E-state index contributed by atoms with van der Waals surface area (Å²) in [5.74, 6) is 1.63. The lowest BCUT2D eigenvalue weighted by Crippen LogP contribution is -2.15. The van der Waals surface area contributed by atoms with Crippen molar-refractivity contribution < 1.29 is 0 Å². The quantitative estimate of drug-likeness (QED) is 0.502. The lowest BCUT2D eigenvalue weighted by Gasteiger charge is -2.28. The van der Waals surface area contributed by atoms with Gasteiger partial charge in [0.2, 0.25) is 0 Å². The molecule has 0 saturated heterocycles. The second kappa shape index (κ2) is 7.74. The molecule has 0 amide bonds. The van der Waals surface area contributed by atoms with Crippen molar-refractivity contribution in [2.24, 2.45) is 11.8 Å². The summed E-state index contributed by atoms with van der Waals surface area (Å²) < 4.78 is 0. The molecule has 2 atom stereocenters. The van der Waals surface area contributed by atoms with Crippen LogP contribution >= 0.6 is 0 Å². The molecule has 1 aliphatic rings. The van der Waals surface area contributed by atoms with Gasteiger partial charge in [-0.25, -0.2) is 0 Å². The van der Waals surface area contributed by atoms with E-state index in [4.69, 9.17) is 0 Å². The highest BCUT2D eigenvalue weighted by Crippen LogP contribution is 2.35. The van der Waals surface area contributed by atoms with Gasteiger partial charge in [0.05, 0.1) is 0 Å². The Morgan fingerprint density at radius 1 is 1.24 bits per heavy atom. The Hall–Kier alpha value is -0.520. The Morgan fingerprint density at radius 2 is 2.00 bits per heavy atom. The average Bonchev–Trinajstić information content (AvgIpc) is 2.31. The van der Waals surface area contributed by atoms with Gasteiger partial charge in [-0.2, -0.15) is 0 Å². The first-order valence-corrected chi connectivity index (χ1v) is 7.57. The average molecular weight is 234 g/mol. The lowest BCUT2D eigenvalue weighted by molar-refractivity contribution is 0.417. The van der Waals surface area contributed by atoms with Gasteiger partial charge in [0.1, 0.15) is 0 Å². The summed E-state index contributed by atoms with van der Waals surface area (Å²) in [7, 11) is 0. The lowest BCUT2D eigenvalue weighted by atomic mass is 9.77. The fourth-order valence-electron chi connectivity index (χ4n) is 2.84. The maximum Gasteiger partial charge on any atom is -0.0160 e. The van der Waals surface area contributed by atoms with Crippen molar-refractivity contribution in [3.8, 4) is 0 Å². The minimum absolute atomic E-state index is 0.792. The van der Waals surface area contributed by atoms with Gasteiger partial charge in [0, 0.05) is 0 Å². The van der Waals surface area contributed by atoms with Gasteiger partial charge >= 0.3 is 0 Å². The van der Waals surface area contributed by atoms with Gasteiger partial charge in [-0.15, -0.1) is 0 Å². The number of hydrogen-bond donors (Lipinski definition) is 0. The minimum Gasteiger partial charge on any atom is -0.0813 e. The Balaban J connectivity index is 2.54. The molecule has 98 valence electrons. The molecule has 0 aromatic rings. The largest absolute Gasteiger partial charge is 0.0813 e. The highest BCUT2D eigenvalue weighted by Gasteiger charge is 2.21. The van der Waals surface area contributed by atoms with Gasteiger partial charge in [0.15, 0.2) is 0 Å². The summed E-state index contributed by atoms with van der Waals surface area (Å²) in [6, 6.07) is 0. The van der Waals surface area contributed by atoms with E-state index in [1.165, 1.54) is 44.9 Å². The Morgan fingerprint density at radius 3 is 2.65 bits per heavy atom. The molecule has 0 bridgehead atoms. The third kappa shape index (κ3) is 4.69. The predicted octanol–water partition coefficient (Wildman–Crippen LogP) is 5.90. The van der Waals surface area contributed by atoms with Crippen molar-refractivity contribution in [1.82, 2.24) is 0 Å². The highest BCUT2D eigenvalue weighted by molar-refractivity contribution is 5.30. The highest BCUT2D eigenvalue weighted by atomic mass is 14.3. The molecule has 17 heavy (non-hydrogen) atoms. The van der Waals surface area contributed by atoms with Crippen LogP contribution in [0.3, 0.4) is 0 Å². The second-order valence-corrected chi connectivity index (χ2v) is 5.68. The van der Waals surface area contributed by atoms with Gasteiger partial charge in [-0.3, -0.25) is 0 Å². The molecule has 1 rings (SSSR count). The fraction of sp³-hybridized carbons (Fsp3) is 0.765. The summed E-state index contributed by atoms with van der Waals surface area (Å²) in [4.78, 5) is 0. The molecule has 0 N–H and O–H groups in total. The molecule has 0 radical (unpaired) electrons. The summed E-state index contributed by atoms with van der Waals surface area (Å²) in [6.07, 6.45) is 14.4. The second-order valence-electron chi connectivity index (χ2n) is 5.68. The van der Waals surface area contributed by atoms with Crippen LogP contribution in [0.2, 0.25) is 0 Å². The van der Waals surface area contributed by atoms with Crippen LogP contribution < -0.4 is 0 Å². The molecule has 1 aliphatic carbocycles. The van der Waals surface area contributed by atoms with E-state index in [0.29, 0.717) is 0 Å². The van der Waals surface area contributed by atoms with E-state index in [2.05, 4.69) is 39.8 Å². The monoisotopic (exact) mass is 234 g/mol. The summed E-state index contributed by atoms with van der Waals surface area (Å²) in [6.45, 7) is 9.22. The molecule has 0 fully saturated rings. The molecule has 0 aliphatic heterocycles. The third-order valence-electron chi connectivity index (χ3n) is 4.13. The van der Waals surface area contributed by atoms with Crippen LogP contribution in [-0.4, -0.2) is 0 Å². The van der Waals surface area contributed by atoms with Crippen LogP contribution in [0, 0.1) is 11.8 Å². The number of unbranched alkanes of at least 4 members (excludes halogenated alkanes) is 3. The smallest absolute Gasteiger partial charge is 0.0160 e. The van der Waals surface area contributed by atoms with E-state index in [1.54, 1.807) is 11.1 Å². The van der Waals surface area contributed by atoms with E-state index in [0.717, 1.165) is 11.8 Å². The maximum absolute atomic E-state index is 2.46. The van der Waals surface area contributed by atoms with Gasteiger partial charge in [0.25, 0.3) is 0 Å².